The molecule has 1 aliphatic rings. The van der Waals surface area contributed by atoms with E-state index in [1.165, 1.54) is 0 Å². The topological polar surface area (TPSA) is 51.4 Å². The zero-order valence-electron chi connectivity index (χ0n) is 10.3. The number of halogens is 1. The van der Waals surface area contributed by atoms with Crippen molar-refractivity contribution in [2.45, 2.75) is 31.8 Å². The molecule has 0 radical (unpaired) electrons. The van der Waals surface area contributed by atoms with Crippen molar-refractivity contribution in [2.24, 2.45) is 0 Å². The molecule has 0 N–H and O–H groups in total. The van der Waals surface area contributed by atoms with Gasteiger partial charge in [-0.15, -0.1) is 16.7 Å². The predicted octanol–water partition coefficient (Wildman–Crippen LogP) is 1.86. The van der Waals surface area contributed by atoms with Crippen LogP contribution in [0.15, 0.2) is 4.42 Å². The Morgan fingerprint density at radius 2 is 2.35 bits per heavy atom. The van der Waals surface area contributed by atoms with E-state index in [-0.39, 0.29) is 5.60 Å². The van der Waals surface area contributed by atoms with Gasteiger partial charge in [-0.1, -0.05) is 5.10 Å². The molecule has 1 fully saturated rings. The summed E-state index contributed by atoms with van der Waals surface area (Å²) in [5, 5.41) is 8.02. The van der Waals surface area contributed by atoms with Crippen LogP contribution < -0.4 is 4.90 Å². The third-order valence-electron chi connectivity index (χ3n) is 3.19. The lowest BCUT2D eigenvalue weighted by molar-refractivity contribution is -0.00568. The fraction of sp³-hybridized carbons (Fsp3) is 0.818. The largest absolute Gasteiger partial charge is 0.408 e. The van der Waals surface area contributed by atoms with Crippen molar-refractivity contribution in [1.82, 2.24) is 10.2 Å². The van der Waals surface area contributed by atoms with Crippen molar-refractivity contribution in [3.8, 4) is 0 Å². The zero-order valence-corrected chi connectivity index (χ0v) is 11.0. The van der Waals surface area contributed by atoms with E-state index in [9.17, 15) is 0 Å². The number of ether oxygens (including phenoxy) is 1. The first kappa shape index (κ1) is 12.6. The maximum Gasteiger partial charge on any atom is 0.318 e. The Bertz CT molecular complexity index is 371. The molecule has 0 saturated carbocycles. The third kappa shape index (κ3) is 2.90. The Labute approximate surface area is 106 Å². The molecule has 6 heteroatoms. The highest BCUT2D eigenvalue weighted by Gasteiger charge is 2.32. The second kappa shape index (κ2) is 5.23. The van der Waals surface area contributed by atoms with Gasteiger partial charge in [0, 0.05) is 26.0 Å². The number of anilines is 1. The fourth-order valence-corrected chi connectivity index (χ4v) is 2.25. The van der Waals surface area contributed by atoms with Gasteiger partial charge in [0.05, 0.1) is 12.1 Å². The average Bonchev–Trinajstić information content (AvgIpc) is 2.78. The normalized spacial score (nSPS) is 25.2. The number of hydrogen-bond donors (Lipinski definition) is 0. The molecule has 0 bridgehead atoms. The van der Waals surface area contributed by atoms with E-state index >= 15 is 0 Å². The number of piperidine rings is 1. The van der Waals surface area contributed by atoms with Crippen LogP contribution >= 0.6 is 11.6 Å². The van der Waals surface area contributed by atoms with Gasteiger partial charge in [0.25, 0.3) is 0 Å². The highest BCUT2D eigenvalue weighted by atomic mass is 35.5. The van der Waals surface area contributed by atoms with Crippen LogP contribution in [0.3, 0.4) is 0 Å². The molecule has 1 aromatic heterocycles. The van der Waals surface area contributed by atoms with Crippen LogP contribution in [-0.4, -0.2) is 41.9 Å². The van der Waals surface area contributed by atoms with E-state index < -0.39 is 0 Å². The van der Waals surface area contributed by atoms with Crippen LogP contribution in [0.25, 0.3) is 0 Å². The summed E-state index contributed by atoms with van der Waals surface area (Å²) in [6.07, 6.45) is 2.74. The molecule has 0 amide bonds. The third-order valence-corrected chi connectivity index (χ3v) is 3.38. The van der Waals surface area contributed by atoms with Crippen molar-refractivity contribution in [1.29, 1.82) is 0 Å². The lowest BCUT2D eigenvalue weighted by Gasteiger charge is -2.38. The van der Waals surface area contributed by atoms with E-state index in [0.717, 1.165) is 25.9 Å². The molecule has 1 aromatic rings. The second-order valence-corrected chi connectivity index (χ2v) is 4.97. The number of methoxy groups -OCH3 is 1. The van der Waals surface area contributed by atoms with Crippen LogP contribution in [0.5, 0.6) is 0 Å². The Kier molecular flexibility index (Phi) is 3.89. The Hall–Kier alpha value is -0.810. The van der Waals surface area contributed by atoms with Gasteiger partial charge in [-0.3, -0.25) is 0 Å². The van der Waals surface area contributed by atoms with Gasteiger partial charge in [-0.2, -0.15) is 0 Å². The van der Waals surface area contributed by atoms with E-state index in [1.54, 1.807) is 7.11 Å². The summed E-state index contributed by atoms with van der Waals surface area (Å²) >= 11 is 5.64. The highest BCUT2D eigenvalue weighted by Crippen LogP contribution is 2.27. The summed E-state index contributed by atoms with van der Waals surface area (Å²) in [4.78, 5) is 2.08. The molecular formula is C11H18ClN3O2. The van der Waals surface area contributed by atoms with Crippen LogP contribution in [0, 0.1) is 0 Å². The van der Waals surface area contributed by atoms with Gasteiger partial charge in [-0.25, -0.2) is 0 Å². The van der Waals surface area contributed by atoms with Crippen LogP contribution in [0.1, 0.15) is 25.7 Å². The summed E-state index contributed by atoms with van der Waals surface area (Å²) in [5.74, 6) is 1.09. The smallest absolute Gasteiger partial charge is 0.318 e. The van der Waals surface area contributed by atoms with Gasteiger partial charge in [-0.05, 0) is 19.8 Å². The standard InChI is InChI=1S/C11H18ClN3O2/c1-11(16-2)5-3-7-15(8-11)10-14-13-9(17-10)4-6-12/h3-8H2,1-2H3. The number of rotatable bonds is 4. The molecule has 0 aliphatic carbocycles. The summed E-state index contributed by atoms with van der Waals surface area (Å²) in [6, 6.07) is 0.577. The number of aryl methyl sites for hydroxylation is 1. The molecule has 1 aliphatic heterocycles. The zero-order chi connectivity index (χ0) is 12.3. The summed E-state index contributed by atoms with van der Waals surface area (Å²) in [7, 11) is 1.75. The molecule has 17 heavy (non-hydrogen) atoms. The molecule has 2 rings (SSSR count). The maximum absolute atomic E-state index is 5.64. The van der Waals surface area contributed by atoms with E-state index in [0.29, 0.717) is 24.2 Å². The molecular weight excluding hydrogens is 242 g/mol. The predicted molar refractivity (Wildman–Crippen MR) is 65.6 cm³/mol. The quantitative estimate of drug-likeness (QED) is 0.773. The Morgan fingerprint density at radius 3 is 3.06 bits per heavy atom. The van der Waals surface area contributed by atoms with Gasteiger partial charge >= 0.3 is 6.01 Å². The number of hydrogen-bond acceptors (Lipinski definition) is 5. The number of alkyl halides is 1. The molecule has 1 saturated heterocycles. The van der Waals surface area contributed by atoms with Crippen molar-refractivity contribution in [3.63, 3.8) is 0 Å². The SMILES string of the molecule is COC1(C)CCCN(c2nnc(CCCl)o2)C1. The summed E-state index contributed by atoms with van der Waals surface area (Å²) in [5.41, 5.74) is -0.126. The molecule has 1 unspecified atom stereocenters. The lowest BCUT2D eigenvalue weighted by atomic mass is 9.95. The summed E-state index contributed by atoms with van der Waals surface area (Å²) < 4.78 is 11.1. The minimum atomic E-state index is -0.126. The minimum absolute atomic E-state index is 0.126. The highest BCUT2D eigenvalue weighted by molar-refractivity contribution is 6.17. The van der Waals surface area contributed by atoms with Gasteiger partial charge in [0.15, 0.2) is 0 Å². The molecule has 0 spiro atoms. The van der Waals surface area contributed by atoms with E-state index in [2.05, 4.69) is 22.0 Å². The van der Waals surface area contributed by atoms with Crippen LogP contribution in [0.4, 0.5) is 6.01 Å². The van der Waals surface area contributed by atoms with E-state index in [1.807, 2.05) is 0 Å². The van der Waals surface area contributed by atoms with E-state index in [4.69, 9.17) is 20.8 Å². The summed E-state index contributed by atoms with van der Waals surface area (Å²) in [6.45, 7) is 3.82. The first-order chi connectivity index (χ1) is 8.17. The molecule has 1 atom stereocenters. The van der Waals surface area contributed by atoms with Crippen molar-refractivity contribution >= 4 is 17.6 Å². The van der Waals surface area contributed by atoms with Gasteiger partial charge < -0.3 is 14.1 Å². The molecule has 96 valence electrons. The number of aromatic nitrogens is 2. The van der Waals surface area contributed by atoms with Crippen LogP contribution in [0.2, 0.25) is 0 Å². The molecule has 5 nitrogen and oxygen atoms in total. The second-order valence-electron chi connectivity index (χ2n) is 4.60. The maximum atomic E-state index is 5.64. The molecule has 0 aromatic carbocycles. The average molecular weight is 260 g/mol. The Morgan fingerprint density at radius 1 is 1.53 bits per heavy atom. The van der Waals surface area contributed by atoms with Crippen molar-refractivity contribution in [2.75, 3.05) is 31.0 Å². The minimum Gasteiger partial charge on any atom is -0.408 e. The van der Waals surface area contributed by atoms with Crippen molar-refractivity contribution < 1.29 is 9.15 Å². The number of nitrogens with zero attached hydrogens (tertiary/aromatic N) is 3. The van der Waals surface area contributed by atoms with Gasteiger partial charge in [0.2, 0.25) is 5.89 Å². The monoisotopic (exact) mass is 259 g/mol. The lowest BCUT2D eigenvalue weighted by Crippen LogP contribution is -2.47. The first-order valence-electron chi connectivity index (χ1n) is 5.85. The van der Waals surface area contributed by atoms with Gasteiger partial charge in [0.1, 0.15) is 0 Å². The Balaban J connectivity index is 2.05. The molecule has 2 heterocycles. The van der Waals surface area contributed by atoms with Crippen LogP contribution in [-0.2, 0) is 11.2 Å². The van der Waals surface area contributed by atoms with Crippen molar-refractivity contribution in [3.05, 3.63) is 5.89 Å². The first-order valence-corrected chi connectivity index (χ1v) is 6.39. The fourth-order valence-electron chi connectivity index (χ4n) is 2.09.